The largest absolute Gasteiger partial charge is 0.668 e. The molecule has 0 amide bonds. The minimum atomic E-state index is 0. The molecule has 2 heteroatoms. The van der Waals surface area contributed by atoms with E-state index < -0.39 is 0 Å². The second kappa shape index (κ2) is 21.2. The average molecular weight is 238 g/mol. The molecule has 32 valence electrons. The van der Waals surface area contributed by atoms with Crippen molar-refractivity contribution >= 4 is 0 Å². The van der Waals surface area contributed by atoms with Gasteiger partial charge in [-0.05, 0) is 0 Å². The van der Waals surface area contributed by atoms with Crippen LogP contribution < -0.4 is 0 Å². The van der Waals surface area contributed by atoms with Gasteiger partial charge in [0.1, 0.15) is 0 Å². The van der Waals surface area contributed by atoms with E-state index in [1.165, 1.54) is 0 Å². The van der Waals surface area contributed by atoms with Crippen LogP contribution in [-0.2, 0) is 25.8 Å². The monoisotopic (exact) mass is 239 g/mol. The SMILES string of the molecule is C[N-]C.[CH3-].[Hf]. The third-order valence-electron chi connectivity index (χ3n) is 0. The molecule has 0 rings (SSSR count). The van der Waals surface area contributed by atoms with Crippen molar-refractivity contribution in [3.8, 4) is 0 Å². The van der Waals surface area contributed by atoms with Crippen LogP contribution in [0.25, 0.3) is 5.32 Å². The van der Waals surface area contributed by atoms with Crippen molar-refractivity contribution in [2.75, 3.05) is 14.1 Å². The van der Waals surface area contributed by atoms with E-state index in [2.05, 4.69) is 5.32 Å². The van der Waals surface area contributed by atoms with Crippen LogP contribution in [0.15, 0.2) is 0 Å². The van der Waals surface area contributed by atoms with Crippen LogP contribution >= 0.6 is 0 Å². The Bertz CT molecular complexity index is 6.85. The first-order valence-corrected chi connectivity index (χ1v) is 0.894. The molecule has 0 aliphatic carbocycles. The normalized spacial score (nSPS) is 3.60. The molecular formula is C3H9HfN-2. The Morgan fingerprint density at radius 1 is 1.20 bits per heavy atom. The molecule has 0 saturated carbocycles. The fourth-order valence-corrected chi connectivity index (χ4v) is 0. The zero-order valence-electron chi connectivity index (χ0n) is 3.95. The fraction of sp³-hybridized carbons (Fsp3) is 0.667. The van der Waals surface area contributed by atoms with E-state index in [4.69, 9.17) is 0 Å². The summed E-state index contributed by atoms with van der Waals surface area (Å²) in [6.07, 6.45) is 0. The Balaban J connectivity index is -0.0000000200. The minimum Gasteiger partial charge on any atom is -0.668 e. The van der Waals surface area contributed by atoms with E-state index in [0.29, 0.717) is 0 Å². The first-order valence-electron chi connectivity index (χ1n) is 0.894. The van der Waals surface area contributed by atoms with Gasteiger partial charge in [0, 0.05) is 25.8 Å². The van der Waals surface area contributed by atoms with Crippen molar-refractivity contribution in [1.82, 2.24) is 0 Å². The number of hydrogen-bond donors (Lipinski definition) is 0. The summed E-state index contributed by atoms with van der Waals surface area (Å²) in [6.45, 7) is 0. The van der Waals surface area contributed by atoms with Crippen LogP contribution in [0.3, 0.4) is 0 Å². The zero-order chi connectivity index (χ0) is 2.71. The molecule has 5 heavy (non-hydrogen) atoms. The molecule has 0 atom stereocenters. The van der Waals surface area contributed by atoms with Crippen LogP contribution in [0.5, 0.6) is 0 Å². The molecule has 0 bridgehead atoms. The van der Waals surface area contributed by atoms with Gasteiger partial charge in [0.25, 0.3) is 0 Å². The van der Waals surface area contributed by atoms with E-state index in [1.807, 2.05) is 0 Å². The smallest absolute Gasteiger partial charge is 0 e. The van der Waals surface area contributed by atoms with Crippen molar-refractivity contribution in [1.29, 1.82) is 0 Å². The molecule has 1 nitrogen and oxygen atoms in total. The summed E-state index contributed by atoms with van der Waals surface area (Å²) in [5.41, 5.74) is 0. The Kier molecular flexibility index (Phi) is 71.9. The molecule has 0 aliphatic rings. The summed E-state index contributed by atoms with van der Waals surface area (Å²) < 4.78 is 0. The maximum atomic E-state index is 3.50. The third-order valence-corrected chi connectivity index (χ3v) is 0. The summed E-state index contributed by atoms with van der Waals surface area (Å²) in [5, 5.41) is 3.50. The molecule has 0 spiro atoms. The maximum Gasteiger partial charge on any atom is 0 e. The van der Waals surface area contributed by atoms with Gasteiger partial charge in [-0.15, -0.1) is 0 Å². The van der Waals surface area contributed by atoms with E-state index in [1.54, 1.807) is 14.1 Å². The average Bonchev–Trinajstić information content (AvgIpc) is 0.918. The molecule has 0 fully saturated rings. The van der Waals surface area contributed by atoms with Gasteiger partial charge in [0.2, 0.25) is 0 Å². The Labute approximate surface area is 52.9 Å². The first kappa shape index (κ1) is 17.0. The molecule has 0 aliphatic heterocycles. The topological polar surface area (TPSA) is 14.1 Å². The van der Waals surface area contributed by atoms with Gasteiger partial charge < -0.3 is 12.7 Å². The molecular weight excluding hydrogens is 229 g/mol. The van der Waals surface area contributed by atoms with E-state index in [-0.39, 0.29) is 33.3 Å². The van der Waals surface area contributed by atoms with Crippen molar-refractivity contribution in [2.24, 2.45) is 0 Å². The number of rotatable bonds is 0. The van der Waals surface area contributed by atoms with Crippen LogP contribution in [-0.4, -0.2) is 14.1 Å². The van der Waals surface area contributed by atoms with Gasteiger partial charge in [-0.2, -0.15) is 14.1 Å². The van der Waals surface area contributed by atoms with Crippen molar-refractivity contribution < 1.29 is 25.8 Å². The van der Waals surface area contributed by atoms with Crippen LogP contribution in [0, 0.1) is 7.43 Å². The predicted octanol–water partition coefficient (Wildman–Crippen LogP) is 1.07. The molecule has 0 radical (unpaired) electrons. The first-order chi connectivity index (χ1) is 1.41. The fourth-order valence-electron chi connectivity index (χ4n) is 0. The zero-order valence-corrected chi connectivity index (χ0v) is 7.54. The van der Waals surface area contributed by atoms with Gasteiger partial charge in [-0.25, -0.2) is 0 Å². The van der Waals surface area contributed by atoms with E-state index >= 15 is 0 Å². The Morgan fingerprint density at radius 3 is 1.20 bits per heavy atom. The van der Waals surface area contributed by atoms with Crippen LogP contribution in [0.2, 0.25) is 0 Å². The maximum absolute atomic E-state index is 3.50. The molecule has 0 saturated heterocycles. The summed E-state index contributed by atoms with van der Waals surface area (Å²) in [6, 6.07) is 0. The second-order valence-corrected chi connectivity index (χ2v) is 0.447. The van der Waals surface area contributed by atoms with Gasteiger partial charge in [0.05, 0.1) is 0 Å². The quantitative estimate of drug-likeness (QED) is 0.442. The molecule has 0 aromatic rings. The molecule has 0 aromatic carbocycles. The number of hydrogen-bond acceptors (Lipinski definition) is 0. The standard InChI is InChI=1S/C2H6N.CH3.Hf/c1-3-2;;/h1-2H3;1H3;/q2*-1;. The molecule has 0 N–H and O–H groups in total. The van der Waals surface area contributed by atoms with Gasteiger partial charge >= 0.3 is 0 Å². The third kappa shape index (κ3) is 56.1. The minimum absolute atomic E-state index is 0. The molecule has 0 unspecified atom stereocenters. The summed E-state index contributed by atoms with van der Waals surface area (Å²) >= 11 is 0. The van der Waals surface area contributed by atoms with Crippen molar-refractivity contribution in [2.45, 2.75) is 0 Å². The summed E-state index contributed by atoms with van der Waals surface area (Å²) in [4.78, 5) is 0. The van der Waals surface area contributed by atoms with Crippen molar-refractivity contribution in [3.63, 3.8) is 0 Å². The summed E-state index contributed by atoms with van der Waals surface area (Å²) in [5.74, 6) is 0. The Hall–Kier alpha value is 0.830. The van der Waals surface area contributed by atoms with E-state index in [9.17, 15) is 0 Å². The predicted molar refractivity (Wildman–Crippen MR) is 21.6 cm³/mol. The van der Waals surface area contributed by atoms with Crippen LogP contribution in [0.4, 0.5) is 0 Å². The molecule has 0 heterocycles. The summed E-state index contributed by atoms with van der Waals surface area (Å²) in [7, 11) is 3.50. The molecule has 0 aromatic heterocycles. The van der Waals surface area contributed by atoms with Gasteiger partial charge in [-0.1, -0.05) is 0 Å². The van der Waals surface area contributed by atoms with Gasteiger partial charge in [0.15, 0.2) is 0 Å². The van der Waals surface area contributed by atoms with Crippen LogP contribution in [0.1, 0.15) is 0 Å². The Morgan fingerprint density at radius 2 is 1.20 bits per heavy atom. The second-order valence-electron chi connectivity index (χ2n) is 0.447. The van der Waals surface area contributed by atoms with Crippen molar-refractivity contribution in [3.05, 3.63) is 12.7 Å². The van der Waals surface area contributed by atoms with E-state index in [0.717, 1.165) is 0 Å². The number of nitrogens with zero attached hydrogens (tertiary/aromatic N) is 1. The van der Waals surface area contributed by atoms with Gasteiger partial charge in [-0.3, -0.25) is 0 Å².